The third-order valence-electron chi connectivity index (χ3n) is 4.85. The number of para-hydroxylation sites is 1. The molecule has 1 heterocycles. The van der Waals surface area contributed by atoms with E-state index in [-0.39, 0.29) is 11.7 Å². The summed E-state index contributed by atoms with van der Waals surface area (Å²) in [6.07, 6.45) is 1.75. The Labute approximate surface area is 145 Å². The molecular weight excluding hydrogens is 314 g/mol. The van der Waals surface area contributed by atoms with Gasteiger partial charge in [-0.05, 0) is 36.2 Å². The molecule has 1 amide bonds. The first-order valence-corrected chi connectivity index (χ1v) is 8.32. The fourth-order valence-electron chi connectivity index (χ4n) is 3.70. The van der Waals surface area contributed by atoms with Crippen LogP contribution in [0.1, 0.15) is 28.0 Å². The van der Waals surface area contributed by atoms with E-state index in [4.69, 9.17) is 5.73 Å². The number of nitrogens with one attached hydrogen (secondary N) is 1. The van der Waals surface area contributed by atoms with Crippen molar-refractivity contribution >= 4 is 34.0 Å². The van der Waals surface area contributed by atoms with Crippen molar-refractivity contribution in [1.29, 1.82) is 0 Å². The average Bonchev–Trinajstić information content (AvgIpc) is 2.87. The number of rotatable bonds is 2. The van der Waals surface area contributed by atoms with E-state index >= 15 is 0 Å². The Morgan fingerprint density at radius 3 is 2.76 bits per heavy atom. The van der Waals surface area contributed by atoms with Crippen LogP contribution >= 0.6 is 0 Å². The van der Waals surface area contributed by atoms with E-state index in [1.54, 1.807) is 18.2 Å². The fraction of sp³-hybridized carbons (Fsp3) is 0.200. The van der Waals surface area contributed by atoms with E-state index in [2.05, 4.69) is 9.88 Å². The summed E-state index contributed by atoms with van der Waals surface area (Å²) in [5, 5.41) is 3.90. The van der Waals surface area contributed by atoms with Crippen LogP contribution in [0.2, 0.25) is 0 Å². The van der Waals surface area contributed by atoms with Crippen molar-refractivity contribution in [3.05, 3.63) is 59.3 Å². The lowest BCUT2D eigenvalue weighted by Gasteiger charge is -2.12. The third-order valence-corrected chi connectivity index (χ3v) is 4.85. The highest BCUT2D eigenvalue weighted by molar-refractivity contribution is 6.13. The highest BCUT2D eigenvalue weighted by atomic mass is 16.1. The SMILES string of the molecule is Cn1c2c(c3cccc(C(=O)Nc4cccc(N)c4)c31)CC(=O)CC2. The van der Waals surface area contributed by atoms with Crippen LogP contribution in [-0.4, -0.2) is 16.3 Å². The molecule has 25 heavy (non-hydrogen) atoms. The summed E-state index contributed by atoms with van der Waals surface area (Å²) in [7, 11) is 1.97. The summed E-state index contributed by atoms with van der Waals surface area (Å²) in [6.45, 7) is 0. The third kappa shape index (κ3) is 2.58. The molecule has 0 fully saturated rings. The van der Waals surface area contributed by atoms with Crippen LogP contribution in [0.15, 0.2) is 42.5 Å². The van der Waals surface area contributed by atoms with Gasteiger partial charge in [-0.1, -0.05) is 18.2 Å². The Balaban J connectivity index is 1.80. The molecule has 2 aromatic carbocycles. The summed E-state index contributed by atoms with van der Waals surface area (Å²) >= 11 is 0. The number of nitrogens with zero attached hydrogens (tertiary/aromatic N) is 1. The standard InChI is InChI=1S/C20H19N3O2/c1-23-18-9-8-14(24)11-17(18)15-6-3-7-16(19(15)23)20(25)22-13-5-2-4-12(21)10-13/h2-7,10H,8-9,11,21H2,1H3,(H,22,25). The molecule has 0 atom stereocenters. The van der Waals surface area contributed by atoms with Gasteiger partial charge >= 0.3 is 0 Å². The summed E-state index contributed by atoms with van der Waals surface area (Å²) in [4.78, 5) is 24.7. The predicted molar refractivity (Wildman–Crippen MR) is 98.8 cm³/mol. The number of nitrogens with two attached hydrogens (primary N) is 1. The van der Waals surface area contributed by atoms with Crippen LogP contribution in [-0.2, 0) is 24.7 Å². The maximum atomic E-state index is 12.8. The largest absolute Gasteiger partial charge is 0.399 e. The Bertz CT molecular complexity index is 1020. The second-order valence-corrected chi connectivity index (χ2v) is 6.48. The lowest BCUT2D eigenvalue weighted by molar-refractivity contribution is -0.118. The molecule has 3 N–H and O–H groups in total. The lowest BCUT2D eigenvalue weighted by atomic mass is 9.94. The molecule has 5 heteroatoms. The van der Waals surface area contributed by atoms with Gasteiger partial charge in [-0.25, -0.2) is 0 Å². The van der Waals surface area contributed by atoms with Crippen LogP contribution in [0.4, 0.5) is 11.4 Å². The molecule has 0 aliphatic heterocycles. The second-order valence-electron chi connectivity index (χ2n) is 6.48. The van der Waals surface area contributed by atoms with Gasteiger partial charge in [0.05, 0.1) is 11.1 Å². The quantitative estimate of drug-likeness (QED) is 0.708. The van der Waals surface area contributed by atoms with Gasteiger partial charge in [0.25, 0.3) is 5.91 Å². The van der Waals surface area contributed by atoms with E-state index < -0.39 is 0 Å². The number of benzene rings is 2. The molecule has 1 aliphatic rings. The van der Waals surface area contributed by atoms with Crippen molar-refractivity contribution in [3.8, 4) is 0 Å². The molecule has 0 radical (unpaired) electrons. The Hall–Kier alpha value is -3.08. The monoisotopic (exact) mass is 333 g/mol. The van der Waals surface area contributed by atoms with Crippen LogP contribution in [0, 0.1) is 0 Å². The van der Waals surface area contributed by atoms with Crippen LogP contribution in [0.25, 0.3) is 10.9 Å². The topological polar surface area (TPSA) is 77.1 Å². The molecule has 1 aromatic heterocycles. The summed E-state index contributed by atoms with van der Waals surface area (Å²) in [6, 6.07) is 12.8. The van der Waals surface area contributed by atoms with Crippen molar-refractivity contribution in [2.75, 3.05) is 11.1 Å². The van der Waals surface area contributed by atoms with E-state index in [0.29, 0.717) is 29.8 Å². The number of aryl methyl sites for hydroxylation is 1. The molecule has 1 aliphatic carbocycles. The van der Waals surface area contributed by atoms with Gasteiger partial charge in [-0.2, -0.15) is 0 Å². The van der Waals surface area contributed by atoms with Gasteiger partial charge in [0.2, 0.25) is 0 Å². The zero-order chi connectivity index (χ0) is 17.6. The van der Waals surface area contributed by atoms with E-state index in [9.17, 15) is 9.59 Å². The normalized spacial score (nSPS) is 13.7. The van der Waals surface area contributed by atoms with Crippen molar-refractivity contribution in [2.24, 2.45) is 7.05 Å². The van der Waals surface area contributed by atoms with E-state index in [1.807, 2.05) is 31.3 Å². The minimum Gasteiger partial charge on any atom is -0.399 e. The first kappa shape index (κ1) is 15.4. The summed E-state index contributed by atoms with van der Waals surface area (Å²) in [5.74, 6) is 0.0788. The van der Waals surface area contributed by atoms with Crippen molar-refractivity contribution in [1.82, 2.24) is 4.57 Å². The highest BCUT2D eigenvalue weighted by Crippen LogP contribution is 2.32. The number of nitrogen functional groups attached to an aromatic ring is 1. The molecule has 0 saturated heterocycles. The van der Waals surface area contributed by atoms with Crippen molar-refractivity contribution < 1.29 is 9.59 Å². The zero-order valence-corrected chi connectivity index (χ0v) is 14.0. The molecule has 0 spiro atoms. The fourth-order valence-corrected chi connectivity index (χ4v) is 3.70. The molecule has 3 aromatic rings. The number of carbonyl (C=O) groups excluding carboxylic acids is 2. The lowest BCUT2D eigenvalue weighted by Crippen LogP contribution is -2.15. The number of aromatic nitrogens is 1. The number of carbonyl (C=O) groups is 2. The molecular formula is C20H19N3O2. The first-order chi connectivity index (χ1) is 12.0. The molecule has 0 bridgehead atoms. The Kier molecular flexibility index (Phi) is 3.57. The Morgan fingerprint density at radius 1 is 1.16 bits per heavy atom. The maximum absolute atomic E-state index is 12.8. The smallest absolute Gasteiger partial charge is 0.257 e. The summed E-state index contributed by atoms with van der Waals surface area (Å²) in [5.41, 5.74) is 10.7. The molecule has 4 rings (SSSR count). The predicted octanol–water partition coefficient (Wildman–Crippen LogP) is 3.07. The number of amides is 1. The molecule has 0 unspecified atom stereocenters. The number of anilines is 2. The molecule has 126 valence electrons. The Morgan fingerprint density at radius 2 is 1.96 bits per heavy atom. The van der Waals surface area contributed by atoms with Gasteiger partial charge in [-0.15, -0.1) is 0 Å². The minimum absolute atomic E-state index is 0.180. The number of hydrogen-bond acceptors (Lipinski definition) is 3. The van der Waals surface area contributed by atoms with Gasteiger partial charge in [0.15, 0.2) is 0 Å². The number of hydrogen-bond donors (Lipinski definition) is 2. The number of ketones is 1. The number of Topliss-reactive ketones (excluding diaryl/α,β-unsaturated/α-hetero) is 1. The molecule has 5 nitrogen and oxygen atoms in total. The van der Waals surface area contributed by atoms with E-state index in [1.165, 1.54) is 0 Å². The van der Waals surface area contributed by atoms with Crippen LogP contribution in [0.5, 0.6) is 0 Å². The van der Waals surface area contributed by atoms with Crippen molar-refractivity contribution in [3.63, 3.8) is 0 Å². The molecule has 0 saturated carbocycles. The van der Waals surface area contributed by atoms with E-state index in [0.717, 1.165) is 28.6 Å². The van der Waals surface area contributed by atoms with Crippen LogP contribution in [0.3, 0.4) is 0 Å². The second kappa shape index (κ2) is 5.77. The maximum Gasteiger partial charge on any atom is 0.257 e. The number of fused-ring (bicyclic) bond motifs is 3. The highest BCUT2D eigenvalue weighted by Gasteiger charge is 2.25. The summed E-state index contributed by atoms with van der Waals surface area (Å²) < 4.78 is 2.06. The zero-order valence-electron chi connectivity index (χ0n) is 14.0. The van der Waals surface area contributed by atoms with Crippen LogP contribution < -0.4 is 11.1 Å². The van der Waals surface area contributed by atoms with Gasteiger partial charge in [0, 0.05) is 42.3 Å². The van der Waals surface area contributed by atoms with Gasteiger partial charge in [0.1, 0.15) is 5.78 Å². The van der Waals surface area contributed by atoms with Gasteiger partial charge < -0.3 is 15.6 Å². The van der Waals surface area contributed by atoms with Crippen molar-refractivity contribution in [2.45, 2.75) is 19.3 Å². The average molecular weight is 333 g/mol. The first-order valence-electron chi connectivity index (χ1n) is 8.32. The van der Waals surface area contributed by atoms with Gasteiger partial charge in [-0.3, -0.25) is 9.59 Å². The minimum atomic E-state index is -0.180.